The lowest BCUT2D eigenvalue weighted by Gasteiger charge is -2.38. The lowest BCUT2D eigenvalue weighted by molar-refractivity contribution is 0.128. The number of piperidine rings is 1. The third-order valence-electron chi connectivity index (χ3n) is 3.18. The van der Waals surface area contributed by atoms with Gasteiger partial charge in [-0.1, -0.05) is 6.92 Å². The first-order chi connectivity index (χ1) is 5.66. The summed E-state index contributed by atoms with van der Waals surface area (Å²) < 4.78 is 0. The van der Waals surface area contributed by atoms with E-state index in [1.807, 2.05) is 0 Å². The van der Waals surface area contributed by atoms with E-state index < -0.39 is 0 Å². The Balaban J connectivity index is 2.29. The molecule has 0 unspecified atom stereocenters. The molecule has 0 radical (unpaired) electrons. The van der Waals surface area contributed by atoms with Crippen LogP contribution in [-0.4, -0.2) is 31.6 Å². The third kappa shape index (κ3) is 2.76. The standard InChI is InChI=1S/C10H22N2/c1-10(4-3-7-11)5-8-12(2)9-6-10/h3-9,11H2,1-2H3. The molecule has 2 heteroatoms. The monoisotopic (exact) mass is 170 g/mol. The van der Waals surface area contributed by atoms with Crippen molar-refractivity contribution in [3.05, 3.63) is 0 Å². The normalized spacial score (nSPS) is 24.2. The minimum absolute atomic E-state index is 0.589. The molecule has 0 aliphatic carbocycles. The van der Waals surface area contributed by atoms with Gasteiger partial charge in [0.2, 0.25) is 0 Å². The highest BCUT2D eigenvalue weighted by Crippen LogP contribution is 2.34. The molecule has 0 atom stereocenters. The Kier molecular flexibility index (Phi) is 3.53. The van der Waals surface area contributed by atoms with Crippen molar-refractivity contribution < 1.29 is 0 Å². The highest BCUT2D eigenvalue weighted by molar-refractivity contribution is 4.81. The number of hydrogen-bond acceptors (Lipinski definition) is 2. The van der Waals surface area contributed by atoms with E-state index in [2.05, 4.69) is 18.9 Å². The van der Waals surface area contributed by atoms with Gasteiger partial charge in [0.1, 0.15) is 0 Å². The van der Waals surface area contributed by atoms with Gasteiger partial charge < -0.3 is 10.6 Å². The summed E-state index contributed by atoms with van der Waals surface area (Å²) in [5.74, 6) is 0. The fourth-order valence-electron chi connectivity index (χ4n) is 1.94. The highest BCUT2D eigenvalue weighted by atomic mass is 15.1. The number of nitrogens with zero attached hydrogens (tertiary/aromatic N) is 1. The van der Waals surface area contributed by atoms with E-state index >= 15 is 0 Å². The second-order valence-corrected chi connectivity index (χ2v) is 4.51. The molecule has 0 saturated carbocycles. The zero-order valence-corrected chi connectivity index (χ0v) is 8.47. The molecule has 1 fully saturated rings. The molecule has 0 aromatic carbocycles. The number of rotatable bonds is 3. The molecule has 1 heterocycles. The summed E-state index contributed by atoms with van der Waals surface area (Å²) in [6.07, 6.45) is 5.21. The van der Waals surface area contributed by atoms with E-state index in [0.717, 1.165) is 6.54 Å². The molecule has 12 heavy (non-hydrogen) atoms. The van der Waals surface area contributed by atoms with Crippen LogP contribution >= 0.6 is 0 Å². The van der Waals surface area contributed by atoms with Crippen LogP contribution in [0.5, 0.6) is 0 Å². The third-order valence-corrected chi connectivity index (χ3v) is 3.18. The molecule has 0 aromatic rings. The van der Waals surface area contributed by atoms with Gasteiger partial charge in [0.15, 0.2) is 0 Å². The maximum Gasteiger partial charge on any atom is -0.00166 e. The van der Waals surface area contributed by atoms with E-state index in [9.17, 15) is 0 Å². The highest BCUT2D eigenvalue weighted by Gasteiger charge is 2.27. The SMILES string of the molecule is CN1CCC(C)(CCCN)CC1. The van der Waals surface area contributed by atoms with E-state index in [0.29, 0.717) is 5.41 Å². The number of likely N-dealkylation sites (tertiary alicyclic amines) is 1. The fourth-order valence-corrected chi connectivity index (χ4v) is 1.94. The fraction of sp³-hybridized carbons (Fsp3) is 1.00. The van der Waals surface area contributed by atoms with Gasteiger partial charge in [-0.25, -0.2) is 0 Å². The van der Waals surface area contributed by atoms with Crippen LogP contribution in [-0.2, 0) is 0 Å². The van der Waals surface area contributed by atoms with Gasteiger partial charge in [-0.05, 0) is 57.8 Å². The van der Waals surface area contributed by atoms with E-state index in [1.54, 1.807) is 0 Å². The first kappa shape index (κ1) is 10.0. The average molecular weight is 170 g/mol. The van der Waals surface area contributed by atoms with E-state index in [4.69, 9.17) is 5.73 Å². The maximum atomic E-state index is 5.52. The van der Waals surface area contributed by atoms with Crippen molar-refractivity contribution in [3.63, 3.8) is 0 Å². The lowest BCUT2D eigenvalue weighted by Crippen LogP contribution is -2.36. The molecule has 2 N–H and O–H groups in total. The molecule has 1 aliphatic rings. The predicted molar refractivity (Wildman–Crippen MR) is 53.1 cm³/mol. The maximum absolute atomic E-state index is 5.52. The Morgan fingerprint density at radius 1 is 1.33 bits per heavy atom. The van der Waals surface area contributed by atoms with Crippen molar-refractivity contribution in [3.8, 4) is 0 Å². The van der Waals surface area contributed by atoms with Gasteiger partial charge >= 0.3 is 0 Å². The zero-order chi connectivity index (χ0) is 9.03. The molecule has 1 rings (SSSR count). The van der Waals surface area contributed by atoms with Gasteiger partial charge in [-0.15, -0.1) is 0 Å². The van der Waals surface area contributed by atoms with Crippen molar-refractivity contribution in [2.45, 2.75) is 32.6 Å². The van der Waals surface area contributed by atoms with Gasteiger partial charge in [0.25, 0.3) is 0 Å². The first-order valence-electron chi connectivity index (χ1n) is 5.05. The molecule has 1 aliphatic heterocycles. The summed E-state index contributed by atoms with van der Waals surface area (Å²) in [6, 6.07) is 0. The molecule has 1 saturated heterocycles. The first-order valence-corrected chi connectivity index (χ1v) is 5.05. The lowest BCUT2D eigenvalue weighted by atomic mass is 9.77. The minimum Gasteiger partial charge on any atom is -0.330 e. The summed E-state index contributed by atoms with van der Waals surface area (Å²) in [4.78, 5) is 2.42. The molecular weight excluding hydrogens is 148 g/mol. The smallest absolute Gasteiger partial charge is 0.00166 e. The molecule has 0 amide bonds. The molecule has 72 valence electrons. The van der Waals surface area contributed by atoms with Crippen molar-refractivity contribution in [1.29, 1.82) is 0 Å². The van der Waals surface area contributed by atoms with E-state index in [-0.39, 0.29) is 0 Å². The van der Waals surface area contributed by atoms with Crippen molar-refractivity contribution in [2.24, 2.45) is 11.1 Å². The van der Waals surface area contributed by atoms with Gasteiger partial charge in [0.05, 0.1) is 0 Å². The minimum atomic E-state index is 0.589. The van der Waals surface area contributed by atoms with Crippen LogP contribution in [0, 0.1) is 5.41 Å². The Morgan fingerprint density at radius 2 is 1.92 bits per heavy atom. The van der Waals surface area contributed by atoms with Crippen LogP contribution < -0.4 is 5.73 Å². The Morgan fingerprint density at radius 3 is 2.42 bits per heavy atom. The summed E-state index contributed by atoms with van der Waals surface area (Å²) in [5.41, 5.74) is 6.11. The van der Waals surface area contributed by atoms with Gasteiger partial charge in [-0.3, -0.25) is 0 Å². The second kappa shape index (κ2) is 4.24. The molecule has 0 spiro atoms. The summed E-state index contributed by atoms with van der Waals surface area (Å²) >= 11 is 0. The summed E-state index contributed by atoms with van der Waals surface area (Å²) in [6.45, 7) is 5.79. The van der Waals surface area contributed by atoms with Crippen molar-refractivity contribution in [2.75, 3.05) is 26.7 Å². The number of nitrogens with two attached hydrogens (primary N) is 1. The van der Waals surface area contributed by atoms with Crippen LogP contribution in [0.4, 0.5) is 0 Å². The van der Waals surface area contributed by atoms with Crippen molar-refractivity contribution >= 4 is 0 Å². The topological polar surface area (TPSA) is 29.3 Å². The van der Waals surface area contributed by atoms with Gasteiger partial charge in [0, 0.05) is 0 Å². The predicted octanol–water partition coefficient (Wildman–Crippen LogP) is 1.46. The average Bonchev–Trinajstić information content (AvgIpc) is 2.08. The van der Waals surface area contributed by atoms with Crippen LogP contribution in [0.15, 0.2) is 0 Å². The number of hydrogen-bond donors (Lipinski definition) is 1. The second-order valence-electron chi connectivity index (χ2n) is 4.51. The molecular formula is C10H22N2. The van der Waals surface area contributed by atoms with Crippen LogP contribution in [0.1, 0.15) is 32.6 Å². The summed E-state index contributed by atoms with van der Waals surface area (Å²) in [5, 5.41) is 0. The Hall–Kier alpha value is -0.0800. The van der Waals surface area contributed by atoms with Crippen molar-refractivity contribution in [1.82, 2.24) is 4.90 Å². The molecule has 0 bridgehead atoms. The van der Waals surface area contributed by atoms with Gasteiger partial charge in [-0.2, -0.15) is 0 Å². The van der Waals surface area contributed by atoms with E-state index in [1.165, 1.54) is 38.8 Å². The quantitative estimate of drug-likeness (QED) is 0.695. The molecule has 0 aromatic heterocycles. The summed E-state index contributed by atoms with van der Waals surface area (Å²) in [7, 11) is 2.21. The van der Waals surface area contributed by atoms with Crippen LogP contribution in [0.25, 0.3) is 0 Å². The largest absolute Gasteiger partial charge is 0.330 e. The molecule has 2 nitrogen and oxygen atoms in total. The van der Waals surface area contributed by atoms with Crippen LogP contribution in [0.3, 0.4) is 0 Å². The Labute approximate surface area is 76.1 Å². The van der Waals surface area contributed by atoms with Crippen LogP contribution in [0.2, 0.25) is 0 Å². The zero-order valence-electron chi connectivity index (χ0n) is 8.47. The Bertz CT molecular complexity index is 120.